The number of nitrogens with one attached hydrogen (secondary N) is 1. The number of H-pyrrole nitrogens is 1. The lowest BCUT2D eigenvalue weighted by Gasteiger charge is -2.38. The minimum Gasteiger partial charge on any atom is -0.383 e. The van der Waals surface area contributed by atoms with Crippen LogP contribution in [0.4, 0.5) is 0 Å². The van der Waals surface area contributed by atoms with Crippen LogP contribution in [-0.2, 0) is 16.8 Å². The van der Waals surface area contributed by atoms with Gasteiger partial charge < -0.3 is 10.0 Å². The normalized spacial score (nSPS) is 17.1. The Hall–Kier alpha value is -2.21. The van der Waals surface area contributed by atoms with Crippen molar-refractivity contribution in [2.24, 2.45) is 0 Å². The third kappa shape index (κ3) is 3.19. The van der Waals surface area contributed by atoms with Gasteiger partial charge >= 0.3 is 0 Å². The second-order valence-corrected chi connectivity index (χ2v) is 6.72. The maximum absolute atomic E-state index is 12.5. The number of carbonyl (C=O) groups excluding carboxylic acids is 1. The lowest BCUT2D eigenvalue weighted by Crippen LogP contribution is -2.46. The molecule has 0 saturated carbocycles. The quantitative estimate of drug-likeness (QED) is 0.900. The highest BCUT2D eigenvalue weighted by Gasteiger charge is 2.36. The molecule has 1 amide bonds. The number of piperidine rings is 1. The highest BCUT2D eigenvalue weighted by Crippen LogP contribution is 2.31. The summed E-state index contributed by atoms with van der Waals surface area (Å²) in [6.45, 7) is 6.90. The second-order valence-electron chi connectivity index (χ2n) is 6.72. The van der Waals surface area contributed by atoms with Gasteiger partial charge in [0.05, 0.1) is 17.8 Å². The molecular weight excluding hydrogens is 304 g/mol. The van der Waals surface area contributed by atoms with Crippen LogP contribution in [0.2, 0.25) is 0 Å². The Morgan fingerprint density at radius 2 is 2.00 bits per heavy atom. The van der Waals surface area contributed by atoms with Crippen molar-refractivity contribution in [2.45, 2.75) is 45.6 Å². The van der Waals surface area contributed by atoms with E-state index in [1.165, 1.54) is 0 Å². The standard InChI is InChI=1S/C18H24N4O2/c1-12-4-5-16(19-11-12)18(24)6-8-22(9-7-18)17(23)10-15-13(2)20-21-14(15)3/h4-5,11,24H,6-10H2,1-3H3,(H,20,21). The summed E-state index contributed by atoms with van der Waals surface area (Å²) in [6, 6.07) is 3.84. The van der Waals surface area contributed by atoms with Crippen LogP contribution in [0.5, 0.6) is 0 Å². The molecule has 2 N–H and O–H groups in total. The van der Waals surface area contributed by atoms with Gasteiger partial charge in [0.25, 0.3) is 0 Å². The molecule has 0 atom stereocenters. The zero-order chi connectivity index (χ0) is 17.3. The van der Waals surface area contributed by atoms with Gasteiger partial charge in [-0.1, -0.05) is 6.07 Å². The molecule has 0 aliphatic carbocycles. The summed E-state index contributed by atoms with van der Waals surface area (Å²) < 4.78 is 0. The maximum atomic E-state index is 12.5. The van der Waals surface area contributed by atoms with Crippen LogP contribution in [0, 0.1) is 20.8 Å². The summed E-state index contributed by atoms with van der Waals surface area (Å²) in [5.41, 5.74) is 3.62. The largest absolute Gasteiger partial charge is 0.383 e. The van der Waals surface area contributed by atoms with E-state index in [9.17, 15) is 9.90 Å². The van der Waals surface area contributed by atoms with Gasteiger partial charge in [0.15, 0.2) is 0 Å². The first-order valence-corrected chi connectivity index (χ1v) is 8.33. The van der Waals surface area contributed by atoms with E-state index < -0.39 is 5.60 Å². The van der Waals surface area contributed by atoms with E-state index in [0.29, 0.717) is 38.0 Å². The fourth-order valence-corrected chi connectivity index (χ4v) is 3.22. The molecule has 2 aromatic heterocycles. The van der Waals surface area contributed by atoms with Crippen molar-refractivity contribution in [2.75, 3.05) is 13.1 Å². The summed E-state index contributed by atoms with van der Waals surface area (Å²) in [6.07, 6.45) is 3.15. The second kappa shape index (κ2) is 6.36. The number of nitrogens with zero attached hydrogens (tertiary/aromatic N) is 3. The van der Waals surface area contributed by atoms with E-state index in [-0.39, 0.29) is 5.91 Å². The molecule has 6 nitrogen and oxygen atoms in total. The van der Waals surface area contributed by atoms with Crippen LogP contribution in [0.25, 0.3) is 0 Å². The molecule has 1 saturated heterocycles. The van der Waals surface area contributed by atoms with Crippen molar-refractivity contribution in [3.63, 3.8) is 0 Å². The van der Waals surface area contributed by atoms with Gasteiger partial charge in [-0.2, -0.15) is 5.10 Å². The number of aliphatic hydroxyl groups is 1. The van der Waals surface area contributed by atoms with Crippen LogP contribution >= 0.6 is 0 Å². The average molecular weight is 328 g/mol. The summed E-state index contributed by atoms with van der Waals surface area (Å²) >= 11 is 0. The van der Waals surface area contributed by atoms with Crippen LogP contribution in [0.15, 0.2) is 18.3 Å². The Morgan fingerprint density at radius 1 is 1.29 bits per heavy atom. The van der Waals surface area contributed by atoms with Crippen LogP contribution < -0.4 is 0 Å². The summed E-state index contributed by atoms with van der Waals surface area (Å²) in [5.74, 6) is 0.0847. The van der Waals surface area contributed by atoms with Crippen molar-refractivity contribution < 1.29 is 9.90 Å². The average Bonchev–Trinajstić information content (AvgIpc) is 2.88. The Kier molecular flexibility index (Phi) is 4.41. The fraction of sp³-hybridized carbons (Fsp3) is 0.500. The third-order valence-electron chi connectivity index (χ3n) is 4.94. The number of hydrogen-bond acceptors (Lipinski definition) is 4. The highest BCUT2D eigenvalue weighted by atomic mass is 16.3. The van der Waals surface area contributed by atoms with Crippen molar-refractivity contribution in [3.05, 3.63) is 46.5 Å². The Balaban J connectivity index is 1.64. The van der Waals surface area contributed by atoms with Crippen LogP contribution in [0.1, 0.15) is 41.1 Å². The number of rotatable bonds is 3. The van der Waals surface area contributed by atoms with E-state index in [1.54, 1.807) is 6.20 Å². The predicted octanol–water partition coefficient (Wildman–Crippen LogP) is 1.78. The monoisotopic (exact) mass is 328 g/mol. The zero-order valence-corrected chi connectivity index (χ0v) is 14.5. The van der Waals surface area contributed by atoms with Crippen molar-refractivity contribution in [1.29, 1.82) is 0 Å². The first-order valence-electron chi connectivity index (χ1n) is 8.33. The molecule has 128 valence electrons. The van der Waals surface area contributed by atoms with Gasteiger partial charge in [-0.15, -0.1) is 0 Å². The summed E-state index contributed by atoms with van der Waals surface area (Å²) in [5, 5.41) is 17.9. The number of aromatic amines is 1. The molecular formula is C18H24N4O2. The van der Waals surface area contributed by atoms with Crippen molar-refractivity contribution >= 4 is 5.91 Å². The highest BCUT2D eigenvalue weighted by molar-refractivity contribution is 5.79. The summed E-state index contributed by atoms with van der Waals surface area (Å²) in [7, 11) is 0. The van der Waals surface area contributed by atoms with Gasteiger partial charge in [0.1, 0.15) is 5.60 Å². The number of likely N-dealkylation sites (tertiary alicyclic amines) is 1. The molecule has 24 heavy (non-hydrogen) atoms. The van der Waals surface area contributed by atoms with Crippen molar-refractivity contribution in [1.82, 2.24) is 20.1 Å². The molecule has 6 heteroatoms. The number of aromatic nitrogens is 3. The minimum absolute atomic E-state index is 0.0847. The molecule has 0 bridgehead atoms. The van der Waals surface area contributed by atoms with E-state index in [1.807, 2.05) is 37.8 Å². The summed E-state index contributed by atoms with van der Waals surface area (Å²) in [4.78, 5) is 18.7. The number of amides is 1. The van der Waals surface area contributed by atoms with Gasteiger partial charge in [-0.05, 0) is 45.2 Å². The van der Waals surface area contributed by atoms with Crippen molar-refractivity contribution in [3.8, 4) is 0 Å². The SMILES string of the molecule is Cc1ccc(C2(O)CCN(C(=O)Cc3c(C)n[nH]c3C)CC2)nc1. The molecule has 0 spiro atoms. The zero-order valence-electron chi connectivity index (χ0n) is 14.5. The molecule has 0 radical (unpaired) electrons. The molecule has 0 aromatic carbocycles. The van der Waals surface area contributed by atoms with Gasteiger partial charge in [-0.3, -0.25) is 14.9 Å². The molecule has 0 unspecified atom stereocenters. The van der Waals surface area contributed by atoms with Crippen LogP contribution in [-0.4, -0.2) is 44.2 Å². The third-order valence-corrected chi connectivity index (χ3v) is 4.94. The molecule has 1 aliphatic rings. The number of carbonyl (C=O) groups is 1. The topological polar surface area (TPSA) is 82.1 Å². The van der Waals surface area contributed by atoms with Gasteiger partial charge in [0, 0.05) is 30.5 Å². The minimum atomic E-state index is -0.939. The molecule has 1 fully saturated rings. The predicted molar refractivity (Wildman–Crippen MR) is 90.5 cm³/mol. The molecule has 3 heterocycles. The smallest absolute Gasteiger partial charge is 0.227 e. The molecule has 1 aliphatic heterocycles. The van der Waals surface area contributed by atoms with E-state index in [0.717, 1.165) is 22.5 Å². The molecule has 2 aromatic rings. The fourth-order valence-electron chi connectivity index (χ4n) is 3.22. The maximum Gasteiger partial charge on any atom is 0.227 e. The van der Waals surface area contributed by atoms with E-state index in [2.05, 4.69) is 15.2 Å². The number of pyridine rings is 1. The lowest BCUT2D eigenvalue weighted by atomic mass is 9.87. The van der Waals surface area contributed by atoms with Crippen LogP contribution in [0.3, 0.4) is 0 Å². The van der Waals surface area contributed by atoms with Gasteiger partial charge in [0.2, 0.25) is 5.91 Å². The molecule has 3 rings (SSSR count). The van der Waals surface area contributed by atoms with Gasteiger partial charge in [-0.25, -0.2) is 0 Å². The Bertz CT molecular complexity index is 708. The lowest BCUT2D eigenvalue weighted by molar-refractivity contribution is -0.135. The van der Waals surface area contributed by atoms with E-state index >= 15 is 0 Å². The number of hydrogen-bond donors (Lipinski definition) is 2. The first-order chi connectivity index (χ1) is 11.4. The Labute approximate surface area is 141 Å². The first kappa shape index (κ1) is 16.6. The van der Waals surface area contributed by atoms with E-state index in [4.69, 9.17) is 0 Å². The Morgan fingerprint density at radius 3 is 2.54 bits per heavy atom. The number of aryl methyl sites for hydroxylation is 3.